The zero-order chi connectivity index (χ0) is 18.4. The molecule has 0 saturated carbocycles. The van der Waals surface area contributed by atoms with Crippen LogP contribution in [0.2, 0.25) is 0 Å². The first-order valence-electron chi connectivity index (χ1n) is 8.38. The molecule has 0 atom stereocenters. The Balaban J connectivity index is 2.43. The van der Waals surface area contributed by atoms with Crippen LogP contribution in [-0.4, -0.2) is 36.0 Å². The maximum Gasteiger partial charge on any atom is 0.324 e. The minimum atomic E-state index is -1.50. The summed E-state index contributed by atoms with van der Waals surface area (Å²) in [6.45, 7) is 7.76. The molecule has 0 bridgehead atoms. The molecule has 0 unspecified atom stereocenters. The summed E-state index contributed by atoms with van der Waals surface area (Å²) in [5, 5.41) is 2.76. The Labute approximate surface area is 146 Å². The van der Waals surface area contributed by atoms with E-state index in [1.807, 2.05) is 0 Å². The minimum Gasteiger partial charge on any atom is -0.465 e. The van der Waals surface area contributed by atoms with Crippen LogP contribution in [0, 0.1) is 5.41 Å². The van der Waals surface area contributed by atoms with E-state index >= 15 is 0 Å². The highest BCUT2D eigenvalue weighted by atomic mass is 16.6. The van der Waals surface area contributed by atoms with Crippen LogP contribution in [0.3, 0.4) is 0 Å². The lowest BCUT2D eigenvalue weighted by Crippen LogP contribution is -2.44. The fourth-order valence-corrected chi connectivity index (χ4v) is 3.06. The van der Waals surface area contributed by atoms with E-state index in [0.717, 1.165) is 16.8 Å². The van der Waals surface area contributed by atoms with Gasteiger partial charge in [0.05, 0.1) is 26.2 Å². The van der Waals surface area contributed by atoms with Crippen molar-refractivity contribution >= 4 is 17.8 Å². The number of hydrogen-bond acceptors (Lipinski definition) is 5. The molecule has 0 saturated heterocycles. The van der Waals surface area contributed by atoms with Crippen LogP contribution in [0.25, 0.3) is 0 Å². The molecule has 0 spiro atoms. The summed E-state index contributed by atoms with van der Waals surface area (Å²) in [4.78, 5) is 40.2. The van der Waals surface area contributed by atoms with E-state index in [1.54, 1.807) is 20.0 Å². The van der Waals surface area contributed by atoms with Crippen LogP contribution in [0.1, 0.15) is 37.1 Å². The van der Waals surface area contributed by atoms with Crippen LogP contribution < -0.4 is 5.32 Å². The largest absolute Gasteiger partial charge is 0.465 e. The highest BCUT2D eigenvalue weighted by molar-refractivity contribution is 6.00. The zero-order valence-corrected chi connectivity index (χ0v) is 14.6. The van der Waals surface area contributed by atoms with Gasteiger partial charge in [0, 0.05) is 18.3 Å². The molecular weight excluding hydrogens is 324 g/mol. The Morgan fingerprint density at radius 1 is 1.28 bits per heavy atom. The quantitative estimate of drug-likeness (QED) is 0.421. The van der Waals surface area contributed by atoms with Gasteiger partial charge in [-0.25, -0.2) is 0 Å². The number of esters is 2. The van der Waals surface area contributed by atoms with Gasteiger partial charge in [-0.2, -0.15) is 0 Å². The highest BCUT2D eigenvalue weighted by Crippen LogP contribution is 2.34. The SMILES string of the molecule is C=CCC(Cc1c[nH]c2c1CC(=O)NC2)(C(=O)OCC)C(=O)OCC. The van der Waals surface area contributed by atoms with E-state index in [0.29, 0.717) is 6.54 Å². The van der Waals surface area contributed by atoms with Crippen molar-refractivity contribution in [1.82, 2.24) is 10.3 Å². The third-order valence-corrected chi connectivity index (χ3v) is 4.29. The van der Waals surface area contributed by atoms with E-state index in [1.165, 1.54) is 6.08 Å². The van der Waals surface area contributed by atoms with Crippen LogP contribution >= 0.6 is 0 Å². The molecule has 25 heavy (non-hydrogen) atoms. The first-order valence-corrected chi connectivity index (χ1v) is 8.38. The Kier molecular flexibility index (Phi) is 6.01. The van der Waals surface area contributed by atoms with Gasteiger partial charge in [-0.15, -0.1) is 6.58 Å². The summed E-state index contributed by atoms with van der Waals surface area (Å²) < 4.78 is 10.3. The predicted molar refractivity (Wildman–Crippen MR) is 90.6 cm³/mol. The lowest BCUT2D eigenvalue weighted by atomic mass is 9.77. The van der Waals surface area contributed by atoms with Gasteiger partial charge in [0.2, 0.25) is 5.91 Å². The maximum absolute atomic E-state index is 12.7. The monoisotopic (exact) mass is 348 g/mol. The number of aromatic amines is 1. The summed E-state index contributed by atoms with van der Waals surface area (Å²) in [6, 6.07) is 0. The van der Waals surface area contributed by atoms with Crippen molar-refractivity contribution in [1.29, 1.82) is 0 Å². The number of amides is 1. The van der Waals surface area contributed by atoms with E-state index in [2.05, 4.69) is 16.9 Å². The number of ether oxygens (including phenoxy) is 2. The normalized spacial score (nSPS) is 13.6. The van der Waals surface area contributed by atoms with E-state index < -0.39 is 17.4 Å². The smallest absolute Gasteiger partial charge is 0.324 e. The molecule has 2 rings (SSSR count). The first-order chi connectivity index (χ1) is 12.0. The van der Waals surface area contributed by atoms with Crippen molar-refractivity contribution in [3.8, 4) is 0 Å². The Morgan fingerprint density at radius 2 is 1.92 bits per heavy atom. The number of aromatic nitrogens is 1. The van der Waals surface area contributed by atoms with Gasteiger partial charge < -0.3 is 19.8 Å². The Morgan fingerprint density at radius 3 is 2.48 bits per heavy atom. The molecule has 0 fully saturated rings. The molecule has 136 valence electrons. The number of carbonyl (C=O) groups excluding carboxylic acids is 3. The van der Waals surface area contributed by atoms with Gasteiger partial charge in [0.15, 0.2) is 5.41 Å². The van der Waals surface area contributed by atoms with Gasteiger partial charge in [-0.3, -0.25) is 14.4 Å². The number of allylic oxidation sites excluding steroid dienone is 1. The molecule has 1 aromatic rings. The van der Waals surface area contributed by atoms with Gasteiger partial charge in [-0.1, -0.05) is 6.08 Å². The van der Waals surface area contributed by atoms with Gasteiger partial charge in [0.25, 0.3) is 0 Å². The average Bonchev–Trinajstić information content (AvgIpc) is 2.96. The van der Waals surface area contributed by atoms with E-state index in [-0.39, 0.29) is 38.4 Å². The molecule has 0 aromatic carbocycles. The summed E-state index contributed by atoms with van der Waals surface area (Å²) in [7, 11) is 0. The van der Waals surface area contributed by atoms with Gasteiger partial charge in [0.1, 0.15) is 0 Å². The predicted octanol–water partition coefficient (Wildman–Crippen LogP) is 1.42. The molecule has 0 aliphatic carbocycles. The lowest BCUT2D eigenvalue weighted by Gasteiger charge is -2.28. The summed E-state index contributed by atoms with van der Waals surface area (Å²) in [5.41, 5.74) is 0.950. The summed E-state index contributed by atoms with van der Waals surface area (Å²) >= 11 is 0. The van der Waals surface area contributed by atoms with Crippen LogP contribution in [0.4, 0.5) is 0 Å². The number of fused-ring (bicyclic) bond motifs is 1. The minimum absolute atomic E-state index is 0.0880. The molecule has 1 aromatic heterocycles. The van der Waals surface area contributed by atoms with E-state index in [9.17, 15) is 14.4 Å². The van der Waals surface area contributed by atoms with Crippen molar-refractivity contribution in [2.45, 2.75) is 39.7 Å². The Hall–Kier alpha value is -2.57. The number of carbonyl (C=O) groups is 3. The lowest BCUT2D eigenvalue weighted by molar-refractivity contribution is -0.171. The second kappa shape index (κ2) is 8.00. The summed E-state index contributed by atoms with van der Waals surface area (Å²) in [6.07, 6.45) is 3.65. The fraction of sp³-hybridized carbons (Fsp3) is 0.500. The number of hydrogen-bond donors (Lipinski definition) is 2. The molecule has 1 amide bonds. The zero-order valence-electron chi connectivity index (χ0n) is 14.6. The maximum atomic E-state index is 12.7. The van der Waals surface area contributed by atoms with Gasteiger partial charge in [-0.05, 0) is 31.4 Å². The second-order valence-corrected chi connectivity index (χ2v) is 5.92. The Bertz CT molecular complexity index is 659. The number of H-pyrrole nitrogens is 1. The van der Waals surface area contributed by atoms with Crippen molar-refractivity contribution < 1.29 is 23.9 Å². The summed E-state index contributed by atoms with van der Waals surface area (Å²) in [5.74, 6) is -1.36. The van der Waals surface area contributed by atoms with Crippen molar-refractivity contribution in [2.75, 3.05) is 13.2 Å². The van der Waals surface area contributed by atoms with Crippen molar-refractivity contribution in [3.05, 3.63) is 35.7 Å². The molecule has 1 aliphatic rings. The number of nitrogens with one attached hydrogen (secondary N) is 2. The average molecular weight is 348 g/mol. The highest BCUT2D eigenvalue weighted by Gasteiger charge is 2.48. The van der Waals surface area contributed by atoms with Crippen molar-refractivity contribution in [2.24, 2.45) is 5.41 Å². The fourth-order valence-electron chi connectivity index (χ4n) is 3.06. The molecular formula is C18H24N2O5. The molecule has 7 heteroatoms. The van der Waals surface area contributed by atoms with Crippen LogP contribution in [0.15, 0.2) is 18.9 Å². The third kappa shape index (κ3) is 3.75. The van der Waals surface area contributed by atoms with Crippen LogP contribution in [0.5, 0.6) is 0 Å². The molecule has 2 N–H and O–H groups in total. The molecule has 2 heterocycles. The molecule has 7 nitrogen and oxygen atoms in total. The number of rotatable bonds is 8. The van der Waals surface area contributed by atoms with Crippen LogP contribution in [-0.2, 0) is 43.2 Å². The van der Waals surface area contributed by atoms with Crippen molar-refractivity contribution in [3.63, 3.8) is 0 Å². The first kappa shape index (κ1) is 18.8. The molecule has 0 radical (unpaired) electrons. The molecule has 1 aliphatic heterocycles. The second-order valence-electron chi connectivity index (χ2n) is 5.92. The third-order valence-electron chi connectivity index (χ3n) is 4.29. The van der Waals surface area contributed by atoms with Gasteiger partial charge >= 0.3 is 11.9 Å². The standard InChI is InChI=1S/C18H24N2O5/c1-4-7-18(16(22)24-5-2,17(23)25-6-3)9-12-10-19-14-11-20-15(21)8-13(12)14/h4,10,19H,1,5-9,11H2,2-3H3,(H,20,21). The van der Waals surface area contributed by atoms with E-state index in [4.69, 9.17) is 9.47 Å². The topological polar surface area (TPSA) is 97.5 Å².